The van der Waals surface area contributed by atoms with E-state index in [9.17, 15) is 0 Å². The highest BCUT2D eigenvalue weighted by atomic mass is 16.5. The van der Waals surface area contributed by atoms with E-state index in [4.69, 9.17) is 8.94 Å². The summed E-state index contributed by atoms with van der Waals surface area (Å²) in [5.41, 5.74) is 2.18. The van der Waals surface area contributed by atoms with Crippen molar-refractivity contribution in [3.63, 3.8) is 0 Å². The van der Waals surface area contributed by atoms with Crippen LogP contribution in [0.15, 0.2) is 26.1 Å². The molecule has 1 N–H and O–H groups in total. The van der Waals surface area contributed by atoms with Gasteiger partial charge in [0.15, 0.2) is 5.96 Å². The number of aromatic nitrogens is 1. The number of guanidine groups is 1. The lowest BCUT2D eigenvalue weighted by atomic mass is 10.2. The normalized spacial score (nSPS) is 16.5. The zero-order valence-corrected chi connectivity index (χ0v) is 15.5. The first-order valence-corrected chi connectivity index (χ1v) is 8.71. The van der Waals surface area contributed by atoms with E-state index < -0.39 is 0 Å². The third-order valence-corrected chi connectivity index (χ3v) is 4.53. The number of aryl methyl sites for hydroxylation is 3. The second-order valence-electron chi connectivity index (χ2n) is 6.53. The highest BCUT2D eigenvalue weighted by Gasteiger charge is 2.20. The molecule has 1 fully saturated rings. The molecule has 2 aromatic heterocycles. The molecule has 3 rings (SSSR count). The van der Waals surface area contributed by atoms with E-state index >= 15 is 0 Å². The zero-order valence-electron chi connectivity index (χ0n) is 15.5. The van der Waals surface area contributed by atoms with Gasteiger partial charge in [-0.1, -0.05) is 5.16 Å². The summed E-state index contributed by atoms with van der Waals surface area (Å²) in [5, 5.41) is 7.53. The highest BCUT2D eigenvalue weighted by Crippen LogP contribution is 2.14. The van der Waals surface area contributed by atoms with Crippen LogP contribution >= 0.6 is 0 Å². The number of furan rings is 1. The van der Waals surface area contributed by atoms with Crippen LogP contribution in [0.5, 0.6) is 0 Å². The minimum Gasteiger partial charge on any atom is -0.466 e. The average molecular weight is 345 g/mol. The second kappa shape index (κ2) is 7.74. The molecule has 7 heteroatoms. The summed E-state index contributed by atoms with van der Waals surface area (Å²) in [7, 11) is 1.83. The molecule has 1 saturated heterocycles. The molecule has 0 aromatic carbocycles. The van der Waals surface area contributed by atoms with Gasteiger partial charge < -0.3 is 19.2 Å². The minimum absolute atomic E-state index is 0.730. The van der Waals surface area contributed by atoms with Crippen molar-refractivity contribution < 1.29 is 8.94 Å². The van der Waals surface area contributed by atoms with E-state index in [-0.39, 0.29) is 0 Å². The van der Waals surface area contributed by atoms with Crippen LogP contribution in [0.3, 0.4) is 0 Å². The van der Waals surface area contributed by atoms with Crippen LogP contribution in [-0.2, 0) is 13.1 Å². The number of nitrogens with zero attached hydrogens (tertiary/aromatic N) is 4. The number of piperazine rings is 1. The van der Waals surface area contributed by atoms with Crippen LogP contribution < -0.4 is 5.32 Å². The van der Waals surface area contributed by atoms with Crippen molar-refractivity contribution in [3.8, 4) is 0 Å². The Balaban J connectivity index is 1.49. The van der Waals surface area contributed by atoms with Crippen molar-refractivity contribution in [2.24, 2.45) is 4.99 Å². The molecule has 0 spiro atoms. The fourth-order valence-corrected chi connectivity index (χ4v) is 3.20. The summed E-state index contributed by atoms with van der Waals surface area (Å²) in [4.78, 5) is 9.12. The monoisotopic (exact) mass is 345 g/mol. The molecule has 0 radical (unpaired) electrons. The van der Waals surface area contributed by atoms with E-state index in [2.05, 4.69) is 31.3 Å². The molecular weight excluding hydrogens is 318 g/mol. The Morgan fingerprint density at radius 1 is 1.16 bits per heavy atom. The first kappa shape index (κ1) is 17.5. The maximum absolute atomic E-state index is 5.58. The van der Waals surface area contributed by atoms with Gasteiger partial charge in [-0.25, -0.2) is 0 Å². The van der Waals surface area contributed by atoms with E-state index in [1.807, 2.05) is 33.9 Å². The minimum atomic E-state index is 0.730. The number of aliphatic imine (C=N–C) groups is 1. The molecule has 0 unspecified atom stereocenters. The molecule has 136 valence electrons. The third kappa shape index (κ3) is 4.42. The van der Waals surface area contributed by atoms with Gasteiger partial charge in [-0.15, -0.1) is 0 Å². The topological polar surface area (TPSA) is 70.0 Å². The highest BCUT2D eigenvalue weighted by molar-refractivity contribution is 5.80. The molecule has 0 bridgehead atoms. The van der Waals surface area contributed by atoms with Gasteiger partial charge in [-0.3, -0.25) is 9.89 Å². The fraction of sp³-hybridized carbons (Fsp3) is 0.556. The summed E-state index contributed by atoms with van der Waals surface area (Å²) < 4.78 is 10.7. The van der Waals surface area contributed by atoms with Crippen LogP contribution in [0.25, 0.3) is 0 Å². The average Bonchev–Trinajstić information content (AvgIpc) is 3.14. The Hall–Kier alpha value is -2.28. The largest absolute Gasteiger partial charge is 0.466 e. The van der Waals surface area contributed by atoms with E-state index in [1.165, 1.54) is 5.56 Å². The summed E-state index contributed by atoms with van der Waals surface area (Å²) >= 11 is 0. The molecular formula is C18H27N5O2. The Morgan fingerprint density at radius 3 is 2.48 bits per heavy atom. The molecule has 7 nitrogen and oxygen atoms in total. The second-order valence-corrected chi connectivity index (χ2v) is 6.53. The Kier molecular flexibility index (Phi) is 5.43. The number of nitrogens with one attached hydrogen (secondary N) is 1. The van der Waals surface area contributed by atoms with Gasteiger partial charge in [-0.2, -0.15) is 0 Å². The van der Waals surface area contributed by atoms with E-state index in [0.29, 0.717) is 0 Å². The van der Waals surface area contributed by atoms with Crippen LogP contribution in [0.1, 0.15) is 28.5 Å². The van der Waals surface area contributed by atoms with Crippen molar-refractivity contribution in [1.29, 1.82) is 0 Å². The summed E-state index contributed by atoms with van der Waals surface area (Å²) in [6, 6.07) is 4.08. The molecule has 0 aliphatic carbocycles. The van der Waals surface area contributed by atoms with Gasteiger partial charge in [0.25, 0.3) is 0 Å². The van der Waals surface area contributed by atoms with Crippen molar-refractivity contribution in [2.45, 2.75) is 33.9 Å². The Labute approximate surface area is 148 Å². The van der Waals surface area contributed by atoms with Crippen molar-refractivity contribution >= 4 is 5.96 Å². The maximum Gasteiger partial charge on any atom is 0.194 e. The molecule has 3 heterocycles. The lowest BCUT2D eigenvalue weighted by Crippen LogP contribution is -2.52. The standard InChI is InChI=1S/C18H27N5O2/c1-13-9-16(15(3)24-13)11-20-18(19-4)23-7-5-22(6-8-23)12-17-10-14(2)25-21-17/h9-10H,5-8,11-12H2,1-4H3,(H,19,20). The van der Waals surface area contributed by atoms with Crippen LogP contribution in [-0.4, -0.2) is 54.1 Å². The van der Waals surface area contributed by atoms with Gasteiger partial charge >= 0.3 is 0 Å². The van der Waals surface area contributed by atoms with Gasteiger partial charge in [0.2, 0.25) is 0 Å². The molecule has 0 atom stereocenters. The Morgan fingerprint density at radius 2 is 1.92 bits per heavy atom. The smallest absolute Gasteiger partial charge is 0.194 e. The van der Waals surface area contributed by atoms with Gasteiger partial charge in [0, 0.05) is 57.9 Å². The van der Waals surface area contributed by atoms with E-state index in [0.717, 1.165) is 68.2 Å². The first-order valence-electron chi connectivity index (χ1n) is 8.71. The van der Waals surface area contributed by atoms with Crippen LogP contribution in [0, 0.1) is 20.8 Å². The van der Waals surface area contributed by atoms with Gasteiger partial charge in [-0.05, 0) is 26.8 Å². The SMILES string of the molecule is CN=C(NCc1cc(C)oc1C)N1CCN(Cc2cc(C)on2)CC1. The number of hydrogen-bond donors (Lipinski definition) is 1. The predicted molar refractivity (Wildman–Crippen MR) is 96.5 cm³/mol. The lowest BCUT2D eigenvalue weighted by molar-refractivity contribution is 0.169. The molecule has 0 amide bonds. The van der Waals surface area contributed by atoms with Crippen LogP contribution in [0.2, 0.25) is 0 Å². The Bertz CT molecular complexity index is 726. The zero-order chi connectivity index (χ0) is 17.8. The van der Waals surface area contributed by atoms with Gasteiger partial charge in [0.05, 0.1) is 5.69 Å². The van der Waals surface area contributed by atoms with E-state index in [1.54, 1.807) is 0 Å². The first-order chi connectivity index (χ1) is 12.0. The fourth-order valence-electron chi connectivity index (χ4n) is 3.20. The lowest BCUT2D eigenvalue weighted by Gasteiger charge is -2.36. The van der Waals surface area contributed by atoms with Crippen molar-refractivity contribution in [2.75, 3.05) is 33.2 Å². The third-order valence-electron chi connectivity index (χ3n) is 4.53. The van der Waals surface area contributed by atoms with Crippen molar-refractivity contribution in [1.82, 2.24) is 20.3 Å². The quantitative estimate of drug-likeness (QED) is 0.676. The molecule has 2 aromatic rings. The number of rotatable bonds is 4. The molecule has 25 heavy (non-hydrogen) atoms. The molecule has 1 aliphatic rings. The maximum atomic E-state index is 5.58. The summed E-state index contributed by atoms with van der Waals surface area (Å²) in [6.07, 6.45) is 0. The molecule has 0 saturated carbocycles. The summed E-state index contributed by atoms with van der Waals surface area (Å²) in [6.45, 7) is 11.3. The number of hydrogen-bond acceptors (Lipinski definition) is 5. The van der Waals surface area contributed by atoms with Crippen LogP contribution in [0.4, 0.5) is 0 Å². The van der Waals surface area contributed by atoms with Crippen molar-refractivity contribution in [3.05, 3.63) is 40.7 Å². The molecule has 1 aliphatic heterocycles. The van der Waals surface area contributed by atoms with Gasteiger partial charge in [0.1, 0.15) is 17.3 Å². The summed E-state index contributed by atoms with van der Waals surface area (Å²) in [5.74, 6) is 3.72. The predicted octanol–water partition coefficient (Wildman–Crippen LogP) is 2.09.